The van der Waals surface area contributed by atoms with E-state index in [1.807, 2.05) is 7.05 Å². The second-order valence-corrected chi connectivity index (χ2v) is 3.82. The molecule has 1 unspecified atom stereocenters. The lowest BCUT2D eigenvalue weighted by molar-refractivity contribution is 0.609. The number of nitrogens with two attached hydrogens (primary N) is 1. The van der Waals surface area contributed by atoms with Crippen molar-refractivity contribution in [2.45, 2.75) is 39.3 Å². The highest BCUT2D eigenvalue weighted by Crippen LogP contribution is 2.13. The van der Waals surface area contributed by atoms with Crippen molar-refractivity contribution >= 4 is 5.82 Å². The van der Waals surface area contributed by atoms with E-state index < -0.39 is 0 Å². The molecule has 1 rings (SSSR count). The molecule has 0 spiro atoms. The average molecular weight is 208 g/mol. The summed E-state index contributed by atoms with van der Waals surface area (Å²) in [7, 11) is 2.05. The molecule has 1 heterocycles. The summed E-state index contributed by atoms with van der Waals surface area (Å²) in [4.78, 5) is 10.7. The molecule has 0 bridgehead atoms. The molecule has 0 radical (unpaired) electrons. The molecule has 1 aromatic heterocycles. The number of aromatic nitrogens is 2. The van der Waals surface area contributed by atoms with E-state index in [1.54, 1.807) is 12.4 Å². The van der Waals surface area contributed by atoms with Gasteiger partial charge in [-0.2, -0.15) is 0 Å². The third-order valence-electron chi connectivity index (χ3n) is 2.61. The zero-order valence-electron chi connectivity index (χ0n) is 9.77. The summed E-state index contributed by atoms with van der Waals surface area (Å²) in [6, 6.07) is 0.484. The van der Waals surface area contributed by atoms with Gasteiger partial charge < -0.3 is 10.6 Å². The van der Waals surface area contributed by atoms with E-state index >= 15 is 0 Å². The number of hydrogen-bond donors (Lipinski definition) is 1. The van der Waals surface area contributed by atoms with Crippen molar-refractivity contribution in [3.05, 3.63) is 18.1 Å². The van der Waals surface area contributed by atoms with Crippen LogP contribution < -0.4 is 10.6 Å². The van der Waals surface area contributed by atoms with E-state index in [0.717, 1.165) is 17.9 Å². The van der Waals surface area contributed by atoms with E-state index in [0.29, 0.717) is 12.6 Å². The quantitative estimate of drug-likeness (QED) is 0.798. The molecular weight excluding hydrogens is 188 g/mol. The van der Waals surface area contributed by atoms with E-state index in [9.17, 15) is 0 Å². The minimum Gasteiger partial charge on any atom is -0.356 e. The van der Waals surface area contributed by atoms with Crippen molar-refractivity contribution in [1.29, 1.82) is 0 Å². The zero-order valence-corrected chi connectivity index (χ0v) is 9.77. The van der Waals surface area contributed by atoms with Crippen molar-refractivity contribution in [1.82, 2.24) is 9.97 Å². The van der Waals surface area contributed by atoms with Gasteiger partial charge in [0, 0.05) is 25.8 Å². The minimum atomic E-state index is 0.441. The molecule has 0 fully saturated rings. The van der Waals surface area contributed by atoms with Crippen LogP contribution in [0.3, 0.4) is 0 Å². The third-order valence-corrected chi connectivity index (χ3v) is 2.61. The first-order chi connectivity index (χ1) is 7.19. The summed E-state index contributed by atoms with van der Waals surface area (Å²) >= 11 is 0. The second-order valence-electron chi connectivity index (χ2n) is 3.82. The van der Waals surface area contributed by atoms with E-state index in [1.165, 1.54) is 6.42 Å². The highest BCUT2D eigenvalue weighted by Gasteiger charge is 2.10. The van der Waals surface area contributed by atoms with Gasteiger partial charge in [-0.25, -0.2) is 4.98 Å². The Hall–Kier alpha value is -1.16. The van der Waals surface area contributed by atoms with Crippen LogP contribution in [0.25, 0.3) is 0 Å². The lowest BCUT2D eigenvalue weighted by Crippen LogP contribution is -2.29. The van der Waals surface area contributed by atoms with Gasteiger partial charge in [-0.15, -0.1) is 0 Å². The zero-order chi connectivity index (χ0) is 11.3. The molecule has 15 heavy (non-hydrogen) atoms. The first-order valence-electron chi connectivity index (χ1n) is 5.42. The van der Waals surface area contributed by atoms with Gasteiger partial charge in [-0.3, -0.25) is 4.98 Å². The average Bonchev–Trinajstić information content (AvgIpc) is 2.28. The fraction of sp³-hybridized carbons (Fsp3) is 0.636. The Bertz CT molecular complexity index is 300. The van der Waals surface area contributed by atoms with Gasteiger partial charge in [-0.1, -0.05) is 13.3 Å². The largest absolute Gasteiger partial charge is 0.356 e. The van der Waals surface area contributed by atoms with Crippen LogP contribution in [-0.2, 0) is 6.54 Å². The molecule has 0 saturated heterocycles. The molecule has 4 nitrogen and oxygen atoms in total. The summed E-state index contributed by atoms with van der Waals surface area (Å²) < 4.78 is 0. The van der Waals surface area contributed by atoms with Crippen LogP contribution in [0.1, 0.15) is 32.4 Å². The van der Waals surface area contributed by atoms with Crippen molar-refractivity contribution < 1.29 is 0 Å². The van der Waals surface area contributed by atoms with Crippen LogP contribution in [0.4, 0.5) is 5.82 Å². The highest BCUT2D eigenvalue weighted by molar-refractivity contribution is 5.36. The smallest absolute Gasteiger partial charge is 0.147 e. The van der Waals surface area contributed by atoms with Crippen molar-refractivity contribution in [2.75, 3.05) is 11.9 Å². The summed E-state index contributed by atoms with van der Waals surface area (Å²) in [5.74, 6) is 0.902. The Morgan fingerprint density at radius 1 is 1.47 bits per heavy atom. The maximum atomic E-state index is 5.53. The Labute approximate surface area is 91.5 Å². The maximum Gasteiger partial charge on any atom is 0.147 e. The van der Waals surface area contributed by atoms with Gasteiger partial charge in [0.25, 0.3) is 0 Å². The number of anilines is 1. The minimum absolute atomic E-state index is 0.441. The van der Waals surface area contributed by atoms with E-state index in [4.69, 9.17) is 5.73 Å². The van der Waals surface area contributed by atoms with Crippen molar-refractivity contribution in [2.24, 2.45) is 5.73 Å². The third kappa shape index (κ3) is 3.16. The predicted molar refractivity (Wildman–Crippen MR) is 62.7 cm³/mol. The van der Waals surface area contributed by atoms with Crippen LogP contribution in [0.2, 0.25) is 0 Å². The molecule has 0 saturated carbocycles. The Kier molecular flexibility index (Phi) is 4.49. The molecule has 0 aliphatic rings. The summed E-state index contributed by atoms with van der Waals surface area (Å²) in [5, 5.41) is 0. The Morgan fingerprint density at radius 2 is 2.20 bits per heavy atom. The molecule has 0 aromatic carbocycles. The molecule has 84 valence electrons. The standard InChI is InChI=1S/C11H20N4/c1-4-5-9(2)15(3)11-8-13-7-10(6-12)14-11/h7-9H,4-6,12H2,1-3H3. The maximum absolute atomic E-state index is 5.53. The lowest BCUT2D eigenvalue weighted by Gasteiger charge is -2.25. The fourth-order valence-electron chi connectivity index (χ4n) is 1.50. The van der Waals surface area contributed by atoms with Gasteiger partial charge >= 0.3 is 0 Å². The summed E-state index contributed by atoms with van der Waals surface area (Å²) in [6.07, 6.45) is 5.83. The molecule has 2 N–H and O–H groups in total. The van der Waals surface area contributed by atoms with Gasteiger partial charge in [0.15, 0.2) is 0 Å². The normalized spacial score (nSPS) is 12.5. The molecule has 0 amide bonds. The Balaban J connectivity index is 2.76. The van der Waals surface area contributed by atoms with Crippen molar-refractivity contribution in [3.8, 4) is 0 Å². The molecule has 0 aliphatic carbocycles. The van der Waals surface area contributed by atoms with Gasteiger partial charge in [0.05, 0.1) is 11.9 Å². The SMILES string of the molecule is CCCC(C)N(C)c1cncc(CN)n1. The van der Waals surface area contributed by atoms with Gasteiger partial charge in [0.2, 0.25) is 0 Å². The van der Waals surface area contributed by atoms with E-state index in [2.05, 4.69) is 28.7 Å². The van der Waals surface area contributed by atoms with Gasteiger partial charge in [-0.05, 0) is 13.3 Å². The number of hydrogen-bond acceptors (Lipinski definition) is 4. The molecule has 0 aliphatic heterocycles. The molecule has 1 atom stereocenters. The molecular formula is C11H20N4. The van der Waals surface area contributed by atoms with Crippen LogP contribution in [0, 0.1) is 0 Å². The van der Waals surface area contributed by atoms with Crippen LogP contribution in [-0.4, -0.2) is 23.1 Å². The first-order valence-corrected chi connectivity index (χ1v) is 5.42. The molecule has 1 aromatic rings. The van der Waals surface area contributed by atoms with Crippen molar-refractivity contribution in [3.63, 3.8) is 0 Å². The summed E-state index contributed by atoms with van der Waals surface area (Å²) in [6.45, 7) is 4.82. The summed E-state index contributed by atoms with van der Waals surface area (Å²) in [5.41, 5.74) is 6.37. The van der Waals surface area contributed by atoms with Crippen LogP contribution >= 0.6 is 0 Å². The van der Waals surface area contributed by atoms with Crippen LogP contribution in [0.5, 0.6) is 0 Å². The van der Waals surface area contributed by atoms with E-state index in [-0.39, 0.29) is 0 Å². The Morgan fingerprint density at radius 3 is 2.80 bits per heavy atom. The lowest BCUT2D eigenvalue weighted by atomic mass is 10.2. The van der Waals surface area contributed by atoms with Gasteiger partial charge in [0.1, 0.15) is 5.82 Å². The molecule has 4 heteroatoms. The fourth-order valence-corrected chi connectivity index (χ4v) is 1.50. The highest BCUT2D eigenvalue weighted by atomic mass is 15.2. The number of rotatable bonds is 5. The first kappa shape index (κ1) is 11.9. The monoisotopic (exact) mass is 208 g/mol. The second kappa shape index (κ2) is 5.66. The van der Waals surface area contributed by atoms with Crippen LogP contribution in [0.15, 0.2) is 12.4 Å². The topological polar surface area (TPSA) is 55.0 Å². The number of nitrogens with zero attached hydrogens (tertiary/aromatic N) is 3. The predicted octanol–water partition coefficient (Wildman–Crippen LogP) is 1.56.